The van der Waals surface area contributed by atoms with Crippen molar-refractivity contribution in [2.45, 2.75) is 63.5 Å². The topological polar surface area (TPSA) is 69.6 Å². The molecule has 18 heavy (non-hydrogen) atoms. The van der Waals surface area contributed by atoms with E-state index in [1.165, 1.54) is 0 Å². The highest BCUT2D eigenvalue weighted by Gasteiger charge is 2.43. The number of carbonyl (C=O) groups is 2. The van der Waals surface area contributed by atoms with Crippen LogP contribution in [0.15, 0.2) is 0 Å². The molecule has 0 spiro atoms. The SMILES string of the molecule is CC1CCCCN1C(=O)NC1(C(=O)O)CCCC1. The Morgan fingerprint density at radius 2 is 1.89 bits per heavy atom. The van der Waals surface area contributed by atoms with E-state index in [1.807, 2.05) is 6.92 Å². The molecule has 102 valence electrons. The second-order valence-electron chi connectivity index (χ2n) is 5.56. The quantitative estimate of drug-likeness (QED) is 0.791. The standard InChI is InChI=1S/C13H22N2O3/c1-10-6-2-5-9-15(10)12(18)14-13(11(16)17)7-3-4-8-13/h10H,2-9H2,1H3,(H,14,18)(H,16,17). The minimum Gasteiger partial charge on any atom is -0.480 e. The number of carboxylic acid groups (broad SMARTS) is 1. The summed E-state index contributed by atoms with van der Waals surface area (Å²) in [6, 6.07) is 0.0116. The average molecular weight is 254 g/mol. The van der Waals surface area contributed by atoms with E-state index in [4.69, 9.17) is 0 Å². The van der Waals surface area contributed by atoms with Gasteiger partial charge in [-0.25, -0.2) is 9.59 Å². The monoisotopic (exact) mass is 254 g/mol. The van der Waals surface area contributed by atoms with Gasteiger partial charge < -0.3 is 15.3 Å². The molecule has 1 saturated carbocycles. The van der Waals surface area contributed by atoms with E-state index in [0.29, 0.717) is 12.8 Å². The molecule has 2 rings (SSSR count). The second-order valence-corrected chi connectivity index (χ2v) is 5.56. The van der Waals surface area contributed by atoms with E-state index in [9.17, 15) is 14.7 Å². The van der Waals surface area contributed by atoms with Gasteiger partial charge in [0, 0.05) is 12.6 Å². The zero-order chi connectivity index (χ0) is 13.2. The minimum atomic E-state index is -1.02. The Labute approximate surface area is 108 Å². The van der Waals surface area contributed by atoms with Crippen molar-refractivity contribution in [1.82, 2.24) is 10.2 Å². The van der Waals surface area contributed by atoms with Gasteiger partial charge in [0.1, 0.15) is 5.54 Å². The number of nitrogens with zero attached hydrogens (tertiary/aromatic N) is 1. The maximum atomic E-state index is 12.2. The molecule has 2 N–H and O–H groups in total. The molecule has 1 heterocycles. The predicted octanol–water partition coefficient (Wildman–Crippen LogP) is 1.97. The van der Waals surface area contributed by atoms with E-state index < -0.39 is 11.5 Å². The summed E-state index contributed by atoms with van der Waals surface area (Å²) in [5.74, 6) is -0.891. The number of rotatable bonds is 2. The van der Waals surface area contributed by atoms with Crippen molar-refractivity contribution < 1.29 is 14.7 Å². The van der Waals surface area contributed by atoms with Crippen LogP contribution in [0, 0.1) is 0 Å². The summed E-state index contributed by atoms with van der Waals surface area (Å²) < 4.78 is 0. The first-order valence-electron chi connectivity index (χ1n) is 6.87. The first-order chi connectivity index (χ1) is 8.55. The third kappa shape index (κ3) is 2.44. The lowest BCUT2D eigenvalue weighted by atomic mass is 9.98. The average Bonchev–Trinajstić information content (AvgIpc) is 2.79. The molecule has 0 aromatic carbocycles. The Bertz CT molecular complexity index is 337. The van der Waals surface area contributed by atoms with Gasteiger partial charge in [-0.15, -0.1) is 0 Å². The zero-order valence-corrected chi connectivity index (χ0v) is 10.9. The second kappa shape index (κ2) is 5.16. The summed E-state index contributed by atoms with van der Waals surface area (Å²) >= 11 is 0. The molecule has 2 amide bonds. The summed E-state index contributed by atoms with van der Waals surface area (Å²) in [5, 5.41) is 12.1. The maximum absolute atomic E-state index is 12.2. The van der Waals surface area contributed by atoms with Crippen LogP contribution < -0.4 is 5.32 Å². The van der Waals surface area contributed by atoms with Crippen LogP contribution in [0.3, 0.4) is 0 Å². The molecule has 1 aliphatic heterocycles. The molecule has 0 aromatic heterocycles. The van der Waals surface area contributed by atoms with E-state index in [0.717, 1.165) is 38.6 Å². The molecule has 5 nitrogen and oxygen atoms in total. The smallest absolute Gasteiger partial charge is 0.329 e. The number of carbonyl (C=O) groups excluding carboxylic acids is 1. The predicted molar refractivity (Wildman–Crippen MR) is 67.4 cm³/mol. The lowest BCUT2D eigenvalue weighted by Crippen LogP contribution is -2.58. The van der Waals surface area contributed by atoms with Gasteiger partial charge in [0.25, 0.3) is 0 Å². The third-order valence-corrected chi connectivity index (χ3v) is 4.28. The molecule has 5 heteroatoms. The first-order valence-corrected chi connectivity index (χ1v) is 6.87. The van der Waals surface area contributed by atoms with Gasteiger partial charge in [0.05, 0.1) is 0 Å². The number of piperidine rings is 1. The van der Waals surface area contributed by atoms with Crippen LogP contribution in [0.25, 0.3) is 0 Å². The van der Waals surface area contributed by atoms with E-state index in [1.54, 1.807) is 4.90 Å². The lowest BCUT2D eigenvalue weighted by molar-refractivity contribution is -0.144. The van der Waals surface area contributed by atoms with Crippen molar-refractivity contribution in [3.63, 3.8) is 0 Å². The fourth-order valence-electron chi connectivity index (χ4n) is 3.05. The highest BCUT2D eigenvalue weighted by molar-refractivity contribution is 5.86. The number of likely N-dealkylation sites (tertiary alicyclic amines) is 1. The summed E-state index contributed by atoms with van der Waals surface area (Å²) in [5.41, 5.74) is -1.02. The molecule has 1 saturated heterocycles. The van der Waals surface area contributed by atoms with Gasteiger partial charge >= 0.3 is 12.0 Å². The third-order valence-electron chi connectivity index (χ3n) is 4.28. The molecule has 1 unspecified atom stereocenters. The molecular formula is C13H22N2O3. The highest BCUT2D eigenvalue weighted by Crippen LogP contribution is 2.30. The van der Waals surface area contributed by atoms with Crippen LogP contribution >= 0.6 is 0 Å². The number of nitrogens with one attached hydrogen (secondary N) is 1. The van der Waals surface area contributed by atoms with Crippen molar-refractivity contribution in [1.29, 1.82) is 0 Å². The van der Waals surface area contributed by atoms with Gasteiger partial charge in [-0.1, -0.05) is 12.8 Å². The van der Waals surface area contributed by atoms with Gasteiger partial charge in [-0.05, 0) is 39.0 Å². The number of amides is 2. The number of aliphatic carboxylic acids is 1. The number of hydrogen-bond donors (Lipinski definition) is 2. The molecule has 1 aliphatic carbocycles. The van der Waals surface area contributed by atoms with E-state index >= 15 is 0 Å². The summed E-state index contributed by atoms with van der Waals surface area (Å²) in [6.07, 6.45) is 6.02. The molecular weight excluding hydrogens is 232 g/mol. The van der Waals surface area contributed by atoms with Crippen LogP contribution in [0.1, 0.15) is 51.9 Å². The molecule has 0 aromatic rings. The van der Waals surface area contributed by atoms with Gasteiger partial charge in [0.15, 0.2) is 0 Å². The van der Waals surface area contributed by atoms with Gasteiger partial charge in [0.2, 0.25) is 0 Å². The van der Waals surface area contributed by atoms with Crippen molar-refractivity contribution in [3.8, 4) is 0 Å². The molecule has 0 bridgehead atoms. The molecule has 0 radical (unpaired) electrons. The fraction of sp³-hybridized carbons (Fsp3) is 0.846. The van der Waals surface area contributed by atoms with Crippen molar-refractivity contribution in [2.75, 3.05) is 6.54 Å². The largest absolute Gasteiger partial charge is 0.480 e. The van der Waals surface area contributed by atoms with Crippen molar-refractivity contribution in [3.05, 3.63) is 0 Å². The van der Waals surface area contributed by atoms with Crippen LogP contribution in [0.2, 0.25) is 0 Å². The molecule has 2 aliphatic rings. The Morgan fingerprint density at radius 3 is 2.44 bits per heavy atom. The van der Waals surface area contributed by atoms with Gasteiger partial charge in [-0.3, -0.25) is 0 Å². The maximum Gasteiger partial charge on any atom is 0.329 e. The number of urea groups is 1. The van der Waals surface area contributed by atoms with E-state index in [2.05, 4.69) is 5.32 Å². The summed E-state index contributed by atoms with van der Waals surface area (Å²) in [7, 11) is 0. The Kier molecular flexibility index (Phi) is 3.78. The van der Waals surface area contributed by atoms with Crippen molar-refractivity contribution in [2.24, 2.45) is 0 Å². The zero-order valence-electron chi connectivity index (χ0n) is 10.9. The Balaban J connectivity index is 2.03. The van der Waals surface area contributed by atoms with Crippen LogP contribution in [-0.2, 0) is 4.79 Å². The van der Waals surface area contributed by atoms with E-state index in [-0.39, 0.29) is 12.1 Å². The Morgan fingerprint density at radius 1 is 1.22 bits per heavy atom. The van der Waals surface area contributed by atoms with Crippen LogP contribution in [-0.4, -0.2) is 40.1 Å². The summed E-state index contributed by atoms with van der Waals surface area (Å²) in [4.78, 5) is 25.4. The van der Waals surface area contributed by atoms with Gasteiger partial charge in [-0.2, -0.15) is 0 Å². The Hall–Kier alpha value is -1.26. The minimum absolute atomic E-state index is 0.202. The van der Waals surface area contributed by atoms with Crippen molar-refractivity contribution >= 4 is 12.0 Å². The highest BCUT2D eigenvalue weighted by atomic mass is 16.4. The molecule has 2 fully saturated rings. The molecule has 1 atom stereocenters. The van der Waals surface area contributed by atoms with Crippen LogP contribution in [0.4, 0.5) is 4.79 Å². The number of carboxylic acids is 1. The van der Waals surface area contributed by atoms with Crippen LogP contribution in [0.5, 0.6) is 0 Å². The normalized spacial score (nSPS) is 26.9. The fourth-order valence-corrected chi connectivity index (χ4v) is 3.05. The summed E-state index contributed by atoms with van der Waals surface area (Å²) in [6.45, 7) is 2.77. The lowest BCUT2D eigenvalue weighted by Gasteiger charge is -2.36. The first kappa shape index (κ1) is 13.2. The number of hydrogen-bond acceptors (Lipinski definition) is 2.